The number of anilines is 2. The first-order valence-corrected chi connectivity index (χ1v) is 10.3. The summed E-state index contributed by atoms with van der Waals surface area (Å²) < 4.78 is 47.8. The summed E-state index contributed by atoms with van der Waals surface area (Å²) in [5.41, 5.74) is -0.219. The first-order chi connectivity index (χ1) is 13.9. The second-order valence-corrected chi connectivity index (χ2v) is 9.29. The van der Waals surface area contributed by atoms with Crippen LogP contribution in [0.5, 0.6) is 5.75 Å². The summed E-state index contributed by atoms with van der Waals surface area (Å²) in [6, 6.07) is 2.69. The van der Waals surface area contributed by atoms with Gasteiger partial charge in [0.1, 0.15) is 12.4 Å². The molecule has 2 N–H and O–H groups in total. The third kappa shape index (κ3) is 7.14. The Morgan fingerprint density at radius 2 is 1.80 bits per heavy atom. The van der Waals surface area contributed by atoms with Gasteiger partial charge in [0.05, 0.1) is 12.8 Å². The highest BCUT2D eigenvalue weighted by Crippen LogP contribution is 2.43. The average molecular weight is 494 g/mol. The smallest absolute Gasteiger partial charge is 0.418 e. The first kappa shape index (κ1) is 25.0. The van der Waals surface area contributed by atoms with Crippen LogP contribution in [0.25, 0.3) is 0 Å². The highest BCUT2D eigenvalue weighted by molar-refractivity contribution is 6.67. The molecule has 0 spiro atoms. The second-order valence-electron chi connectivity index (χ2n) is 6.78. The van der Waals surface area contributed by atoms with Crippen LogP contribution in [0, 0.1) is 0 Å². The van der Waals surface area contributed by atoms with Gasteiger partial charge in [0.25, 0.3) is 0 Å². The zero-order valence-corrected chi connectivity index (χ0v) is 18.3. The van der Waals surface area contributed by atoms with Crippen molar-refractivity contribution in [2.24, 2.45) is 0 Å². The van der Waals surface area contributed by atoms with E-state index in [1.807, 2.05) is 4.90 Å². The molecule has 6 nitrogen and oxygen atoms in total. The standard InChI is InChI=1S/C18H22Cl3F3N2O4/c1-29-14-12(15(27)18(22,23)24)8-11(26-6-4-2-3-5-7-26)9-13(14)25-16(28)30-10-17(19,20)21/h8-9,15,27H,2-7,10H2,1H3,(H,25,28). The number of alkyl halides is 6. The maximum Gasteiger partial charge on any atom is 0.418 e. The lowest BCUT2D eigenvalue weighted by Gasteiger charge is -2.27. The van der Waals surface area contributed by atoms with E-state index in [4.69, 9.17) is 44.3 Å². The third-order valence-electron chi connectivity index (χ3n) is 4.49. The van der Waals surface area contributed by atoms with Crippen molar-refractivity contribution in [3.05, 3.63) is 17.7 Å². The Balaban J connectivity index is 2.44. The van der Waals surface area contributed by atoms with Gasteiger partial charge in [-0.25, -0.2) is 4.79 Å². The Morgan fingerprint density at radius 1 is 1.20 bits per heavy atom. The number of nitrogens with zero attached hydrogens (tertiary/aromatic N) is 1. The number of aliphatic hydroxyl groups is 1. The molecule has 1 aromatic rings. The van der Waals surface area contributed by atoms with E-state index in [2.05, 4.69) is 5.32 Å². The van der Waals surface area contributed by atoms with E-state index < -0.39 is 34.3 Å². The molecule has 2 rings (SSSR count). The van der Waals surface area contributed by atoms with Gasteiger partial charge in [0, 0.05) is 24.3 Å². The molecule has 0 aliphatic carbocycles. The Labute approximate surface area is 187 Å². The van der Waals surface area contributed by atoms with E-state index in [-0.39, 0.29) is 11.4 Å². The lowest BCUT2D eigenvalue weighted by molar-refractivity contribution is -0.207. The number of hydrogen-bond acceptors (Lipinski definition) is 5. The minimum absolute atomic E-state index is 0.105. The fourth-order valence-electron chi connectivity index (χ4n) is 3.14. The zero-order valence-electron chi connectivity index (χ0n) is 16.1. The summed E-state index contributed by atoms with van der Waals surface area (Å²) in [5, 5.41) is 12.2. The molecule has 1 fully saturated rings. The number of benzene rings is 1. The Morgan fingerprint density at radius 3 is 2.30 bits per heavy atom. The monoisotopic (exact) mass is 492 g/mol. The van der Waals surface area contributed by atoms with Crippen LogP contribution in [0.1, 0.15) is 37.4 Å². The Hall–Kier alpha value is -1.29. The minimum atomic E-state index is -4.93. The van der Waals surface area contributed by atoms with Crippen LogP contribution in [0.3, 0.4) is 0 Å². The molecular formula is C18H22Cl3F3N2O4. The summed E-state index contributed by atoms with van der Waals surface area (Å²) in [6.45, 7) is 0.686. The molecule has 0 aromatic heterocycles. The van der Waals surface area contributed by atoms with Crippen LogP contribution in [0.15, 0.2) is 12.1 Å². The predicted molar refractivity (Wildman–Crippen MR) is 110 cm³/mol. The van der Waals surface area contributed by atoms with Crippen molar-refractivity contribution >= 4 is 52.3 Å². The van der Waals surface area contributed by atoms with Gasteiger partial charge in [-0.15, -0.1) is 0 Å². The first-order valence-electron chi connectivity index (χ1n) is 9.14. The number of carbonyl (C=O) groups excluding carboxylic acids is 1. The highest BCUT2D eigenvalue weighted by Gasteiger charge is 2.42. The molecule has 1 saturated heterocycles. The van der Waals surface area contributed by atoms with Gasteiger partial charge in [-0.05, 0) is 25.0 Å². The molecule has 1 atom stereocenters. The third-order valence-corrected chi connectivity index (χ3v) is 4.81. The molecule has 0 radical (unpaired) electrons. The van der Waals surface area contributed by atoms with Gasteiger partial charge in [-0.1, -0.05) is 47.6 Å². The molecule has 1 amide bonds. The molecular weight excluding hydrogens is 472 g/mol. The van der Waals surface area contributed by atoms with E-state index in [1.165, 1.54) is 12.1 Å². The van der Waals surface area contributed by atoms with Crippen molar-refractivity contribution < 1.29 is 32.5 Å². The van der Waals surface area contributed by atoms with E-state index >= 15 is 0 Å². The number of methoxy groups -OCH3 is 1. The van der Waals surface area contributed by atoms with Crippen molar-refractivity contribution in [3.63, 3.8) is 0 Å². The Kier molecular flexibility index (Phi) is 8.61. The minimum Gasteiger partial charge on any atom is -0.494 e. The summed E-state index contributed by atoms with van der Waals surface area (Å²) in [5.74, 6) is -0.343. The maximum absolute atomic E-state index is 13.3. The topological polar surface area (TPSA) is 71.0 Å². The van der Waals surface area contributed by atoms with E-state index in [9.17, 15) is 23.1 Å². The second kappa shape index (κ2) is 10.3. The van der Waals surface area contributed by atoms with Crippen LogP contribution < -0.4 is 15.0 Å². The number of hydrogen-bond donors (Lipinski definition) is 2. The van der Waals surface area contributed by atoms with E-state index in [1.54, 1.807) is 0 Å². The lowest BCUT2D eigenvalue weighted by atomic mass is 10.0. The van der Waals surface area contributed by atoms with Gasteiger partial charge in [0.2, 0.25) is 3.79 Å². The van der Waals surface area contributed by atoms with Gasteiger partial charge in [0.15, 0.2) is 6.10 Å². The average Bonchev–Trinajstić information content (AvgIpc) is 2.93. The molecule has 170 valence electrons. The van der Waals surface area contributed by atoms with Crippen LogP contribution in [0.2, 0.25) is 0 Å². The number of rotatable bonds is 5. The van der Waals surface area contributed by atoms with Crippen LogP contribution in [-0.4, -0.2) is 48.0 Å². The molecule has 1 aliphatic heterocycles. The molecule has 1 unspecified atom stereocenters. The largest absolute Gasteiger partial charge is 0.494 e. The molecule has 0 saturated carbocycles. The number of amides is 1. The fraction of sp³-hybridized carbons (Fsp3) is 0.611. The van der Waals surface area contributed by atoms with Gasteiger partial charge in [-0.2, -0.15) is 13.2 Å². The van der Waals surface area contributed by atoms with E-state index in [0.717, 1.165) is 32.8 Å². The van der Waals surface area contributed by atoms with Crippen LogP contribution in [0.4, 0.5) is 29.3 Å². The summed E-state index contributed by atoms with van der Waals surface area (Å²) in [7, 11) is 1.13. The normalized spacial score (nSPS) is 16.6. The lowest BCUT2D eigenvalue weighted by Crippen LogP contribution is -2.26. The van der Waals surface area contributed by atoms with Gasteiger partial charge < -0.3 is 19.5 Å². The van der Waals surface area contributed by atoms with Crippen molar-refractivity contribution in [1.82, 2.24) is 0 Å². The SMILES string of the molecule is COc1c(NC(=O)OCC(Cl)(Cl)Cl)cc(N2CCCCCC2)cc1C(O)C(F)(F)F. The number of nitrogens with one attached hydrogen (secondary N) is 1. The molecule has 1 aromatic carbocycles. The van der Waals surface area contributed by atoms with Gasteiger partial charge in [-0.3, -0.25) is 5.32 Å². The Bertz CT molecular complexity index is 737. The van der Waals surface area contributed by atoms with Gasteiger partial charge >= 0.3 is 12.3 Å². The summed E-state index contributed by atoms with van der Waals surface area (Å²) in [4.78, 5) is 14.0. The van der Waals surface area contributed by atoms with E-state index in [0.29, 0.717) is 18.8 Å². The number of carbonyl (C=O) groups is 1. The molecule has 0 bridgehead atoms. The fourth-order valence-corrected chi connectivity index (χ4v) is 3.30. The van der Waals surface area contributed by atoms with Crippen molar-refractivity contribution in [2.75, 3.05) is 37.0 Å². The number of aliphatic hydroxyl groups excluding tert-OH is 1. The van der Waals surface area contributed by atoms with Crippen molar-refractivity contribution in [3.8, 4) is 5.75 Å². The van der Waals surface area contributed by atoms with Crippen LogP contribution >= 0.6 is 34.8 Å². The van der Waals surface area contributed by atoms with Crippen molar-refractivity contribution in [2.45, 2.75) is 41.8 Å². The number of ether oxygens (including phenoxy) is 2. The van der Waals surface area contributed by atoms with Crippen molar-refractivity contribution in [1.29, 1.82) is 0 Å². The molecule has 1 aliphatic rings. The zero-order chi connectivity index (χ0) is 22.5. The quantitative estimate of drug-likeness (QED) is 0.523. The summed E-state index contributed by atoms with van der Waals surface area (Å²) in [6.07, 6.45) is -5.03. The molecule has 30 heavy (non-hydrogen) atoms. The predicted octanol–water partition coefficient (Wildman–Crippen LogP) is 5.59. The maximum atomic E-state index is 13.3. The molecule has 12 heteroatoms. The van der Waals surface area contributed by atoms with Crippen LogP contribution in [-0.2, 0) is 4.74 Å². The highest BCUT2D eigenvalue weighted by atomic mass is 35.6. The number of halogens is 6. The summed E-state index contributed by atoms with van der Waals surface area (Å²) >= 11 is 16.6. The molecule has 1 heterocycles.